The molecule has 2 aliphatic heterocycles. The molecule has 4 heterocycles. The van der Waals surface area contributed by atoms with Crippen LogP contribution >= 0.6 is 11.6 Å². The van der Waals surface area contributed by atoms with Crippen LogP contribution < -0.4 is 10.6 Å². The Kier molecular flexibility index (Phi) is 6.93. The van der Waals surface area contributed by atoms with Gasteiger partial charge in [-0.25, -0.2) is 4.98 Å². The molecule has 188 valence electrons. The molecule has 0 radical (unpaired) electrons. The van der Waals surface area contributed by atoms with E-state index in [-0.39, 0.29) is 18.0 Å². The molecule has 9 nitrogen and oxygen atoms in total. The number of hydrogen-bond acceptors (Lipinski definition) is 7. The Morgan fingerprint density at radius 3 is 2.69 bits per heavy atom. The number of anilines is 4. The molecular weight excluding hydrogens is 478 g/mol. The number of aldehydes is 1. The number of likely N-dealkylation sites (tertiary alicyclic amines) is 1. The second-order valence-corrected chi connectivity index (χ2v) is 9.84. The maximum atomic E-state index is 11.9. The predicted molar refractivity (Wildman–Crippen MR) is 140 cm³/mol. The van der Waals surface area contributed by atoms with Crippen molar-refractivity contribution >= 4 is 46.7 Å². The number of halogens is 1. The zero-order valence-corrected chi connectivity index (χ0v) is 21.2. The molecule has 0 aliphatic carbocycles. The second kappa shape index (κ2) is 10.3. The van der Waals surface area contributed by atoms with E-state index in [1.165, 1.54) is 5.56 Å². The second-order valence-electron chi connectivity index (χ2n) is 9.44. The number of hydrogen-bond donors (Lipinski definition) is 2. The highest BCUT2D eigenvalue weighted by molar-refractivity contribution is 6.33. The van der Waals surface area contributed by atoms with Crippen molar-refractivity contribution in [3.8, 4) is 0 Å². The Morgan fingerprint density at radius 1 is 1.14 bits per heavy atom. The van der Waals surface area contributed by atoms with Crippen molar-refractivity contribution < 1.29 is 9.59 Å². The van der Waals surface area contributed by atoms with E-state index >= 15 is 0 Å². The van der Waals surface area contributed by atoms with E-state index in [0.29, 0.717) is 16.5 Å². The largest absolute Gasteiger partial charge is 0.354 e. The van der Waals surface area contributed by atoms with Crippen LogP contribution in [0.3, 0.4) is 0 Å². The van der Waals surface area contributed by atoms with Crippen molar-refractivity contribution in [2.75, 3.05) is 37.3 Å². The van der Waals surface area contributed by atoms with E-state index in [1.807, 2.05) is 41.0 Å². The summed E-state index contributed by atoms with van der Waals surface area (Å²) in [5.41, 5.74) is 4.54. The molecule has 0 spiro atoms. The minimum atomic E-state index is -0.302. The molecule has 1 atom stereocenters. The first-order valence-corrected chi connectivity index (χ1v) is 12.6. The van der Waals surface area contributed by atoms with Gasteiger partial charge in [-0.05, 0) is 37.9 Å². The van der Waals surface area contributed by atoms with Gasteiger partial charge >= 0.3 is 0 Å². The van der Waals surface area contributed by atoms with Gasteiger partial charge in [0.25, 0.3) is 0 Å². The minimum absolute atomic E-state index is 0.124. The van der Waals surface area contributed by atoms with Gasteiger partial charge in [-0.2, -0.15) is 5.10 Å². The molecule has 1 saturated heterocycles. The molecule has 10 heteroatoms. The van der Waals surface area contributed by atoms with Crippen LogP contribution in [0.5, 0.6) is 0 Å². The van der Waals surface area contributed by atoms with Gasteiger partial charge in [0, 0.05) is 50.1 Å². The van der Waals surface area contributed by atoms with E-state index < -0.39 is 0 Å². The molecule has 1 amide bonds. The number of rotatable bonds is 6. The smallest absolute Gasteiger partial charge is 0.219 e. The summed E-state index contributed by atoms with van der Waals surface area (Å²) in [6, 6.07) is 7.86. The number of benzene rings is 1. The van der Waals surface area contributed by atoms with Gasteiger partial charge in [0.1, 0.15) is 12.1 Å². The lowest BCUT2D eigenvalue weighted by molar-refractivity contribution is -0.130. The molecule has 36 heavy (non-hydrogen) atoms. The summed E-state index contributed by atoms with van der Waals surface area (Å²) >= 11 is 6.49. The summed E-state index contributed by atoms with van der Waals surface area (Å²) in [5, 5.41) is 11.8. The van der Waals surface area contributed by atoms with Crippen molar-refractivity contribution in [1.82, 2.24) is 24.6 Å². The van der Waals surface area contributed by atoms with E-state index in [4.69, 9.17) is 11.6 Å². The number of amides is 1. The number of aromatic nitrogens is 3. The van der Waals surface area contributed by atoms with Crippen molar-refractivity contribution in [2.45, 2.75) is 38.3 Å². The summed E-state index contributed by atoms with van der Waals surface area (Å²) < 4.78 is 1.96. The van der Waals surface area contributed by atoms with Crippen LogP contribution in [0.4, 0.5) is 22.9 Å². The number of carbonyl (C=O) groups is 2. The third-order valence-electron chi connectivity index (χ3n) is 7.11. The van der Waals surface area contributed by atoms with Crippen molar-refractivity contribution in [3.05, 3.63) is 59.0 Å². The van der Waals surface area contributed by atoms with Crippen LogP contribution in [-0.4, -0.2) is 63.4 Å². The van der Waals surface area contributed by atoms with Crippen LogP contribution in [0.15, 0.2) is 42.9 Å². The molecule has 0 bridgehead atoms. The number of nitrogens with one attached hydrogen (secondary N) is 2. The summed E-state index contributed by atoms with van der Waals surface area (Å²) in [5.74, 6) is 0.751. The normalized spacial score (nSPS) is 18.5. The average molecular weight is 508 g/mol. The van der Waals surface area contributed by atoms with Crippen LogP contribution in [0.25, 0.3) is 0 Å². The quantitative estimate of drug-likeness (QED) is 0.479. The predicted octanol–water partition coefficient (Wildman–Crippen LogP) is 4.33. The first-order valence-electron chi connectivity index (χ1n) is 12.2. The fourth-order valence-corrected chi connectivity index (χ4v) is 5.21. The summed E-state index contributed by atoms with van der Waals surface area (Å²) in [7, 11) is 1.97. The van der Waals surface area contributed by atoms with E-state index in [9.17, 15) is 9.59 Å². The third kappa shape index (κ3) is 4.94. The number of fused-ring (bicyclic) bond motifs is 1. The molecule has 0 saturated carbocycles. The Hall–Kier alpha value is -3.43. The zero-order chi connectivity index (χ0) is 25.2. The van der Waals surface area contributed by atoms with E-state index in [1.54, 1.807) is 19.3 Å². The Labute approximate surface area is 215 Å². The minimum Gasteiger partial charge on any atom is -0.354 e. The molecule has 1 aromatic carbocycles. The van der Waals surface area contributed by atoms with Crippen LogP contribution in [0.2, 0.25) is 5.02 Å². The van der Waals surface area contributed by atoms with Gasteiger partial charge in [-0.3, -0.25) is 14.4 Å². The molecule has 2 aromatic heterocycles. The van der Waals surface area contributed by atoms with Gasteiger partial charge in [0.15, 0.2) is 0 Å². The fraction of sp³-hybridized carbons (Fsp3) is 0.385. The molecule has 1 fully saturated rings. The van der Waals surface area contributed by atoms with Gasteiger partial charge in [-0.15, -0.1) is 0 Å². The van der Waals surface area contributed by atoms with Gasteiger partial charge in [-0.1, -0.05) is 23.7 Å². The highest BCUT2D eigenvalue weighted by Crippen LogP contribution is 2.37. The Balaban J connectivity index is 1.32. The lowest BCUT2D eigenvalue weighted by atomic mass is 9.92. The first-order chi connectivity index (χ1) is 17.4. The number of likely N-dealkylation sites (N-methyl/N-ethyl adjacent to an activating group) is 1. The Morgan fingerprint density at radius 2 is 1.94 bits per heavy atom. The van der Waals surface area contributed by atoms with Crippen LogP contribution in [0, 0.1) is 0 Å². The van der Waals surface area contributed by atoms with Gasteiger partial charge in [0.2, 0.25) is 5.91 Å². The molecular formula is C26H30ClN7O2. The molecule has 2 aliphatic rings. The monoisotopic (exact) mass is 507 g/mol. The number of carbonyl (C=O) groups excluding carboxylic acids is 2. The number of nitrogens with zero attached hydrogens (tertiary/aromatic N) is 5. The third-order valence-corrected chi connectivity index (χ3v) is 7.41. The van der Waals surface area contributed by atoms with E-state index in [0.717, 1.165) is 62.1 Å². The summed E-state index contributed by atoms with van der Waals surface area (Å²) in [6.45, 7) is 3.96. The van der Waals surface area contributed by atoms with Crippen molar-refractivity contribution in [2.24, 2.45) is 0 Å². The van der Waals surface area contributed by atoms with Gasteiger partial charge < -0.3 is 20.3 Å². The highest BCUT2D eigenvalue weighted by atomic mass is 35.5. The molecule has 5 rings (SSSR count). The van der Waals surface area contributed by atoms with Crippen molar-refractivity contribution in [1.29, 1.82) is 0 Å². The summed E-state index contributed by atoms with van der Waals surface area (Å²) in [4.78, 5) is 31.8. The molecule has 2 N–H and O–H groups in total. The topological polar surface area (TPSA) is 95.4 Å². The zero-order valence-electron chi connectivity index (χ0n) is 20.4. The molecule has 3 aromatic rings. The lowest BCUT2D eigenvalue weighted by Gasteiger charge is -2.32. The van der Waals surface area contributed by atoms with Crippen LogP contribution in [-0.2, 0) is 16.0 Å². The number of piperidine rings is 1. The SMILES string of the molecule is CC(=O)N1CCC(n2cc(Nc3cc(Nc4cccc5c4C(C=O)N(C)CC5)c(Cl)cn3)cn2)CC1. The van der Waals surface area contributed by atoms with Crippen molar-refractivity contribution in [3.63, 3.8) is 0 Å². The number of pyridine rings is 1. The Bertz CT molecular complexity index is 1270. The average Bonchev–Trinajstić information content (AvgIpc) is 3.35. The van der Waals surface area contributed by atoms with Crippen LogP contribution in [0.1, 0.15) is 43.0 Å². The first kappa shape index (κ1) is 24.3. The maximum absolute atomic E-state index is 11.9. The highest BCUT2D eigenvalue weighted by Gasteiger charge is 2.27. The molecule has 1 unspecified atom stereocenters. The lowest BCUT2D eigenvalue weighted by Crippen LogP contribution is -2.37. The summed E-state index contributed by atoms with van der Waals surface area (Å²) in [6.07, 6.45) is 8.99. The van der Waals surface area contributed by atoms with E-state index in [2.05, 4.69) is 31.7 Å². The fourth-order valence-electron chi connectivity index (χ4n) is 5.06. The van der Waals surface area contributed by atoms with Gasteiger partial charge in [0.05, 0.1) is 40.9 Å². The standard InChI is InChI=1S/C26H30ClN7O2/c1-17(36)33-10-7-20(8-11-33)34-15-19(13-29-34)30-25-12-23(21(27)14-28-25)31-22-5-3-4-18-6-9-32(2)24(16-35)26(18)22/h3-5,12-16,20,24H,6-11H2,1-2H3,(H2,28,30,31). The maximum Gasteiger partial charge on any atom is 0.219 e.